The molecule has 25 heavy (non-hydrogen) atoms. The zero-order chi connectivity index (χ0) is 17.1. The molecule has 0 radical (unpaired) electrons. The molecule has 1 aromatic carbocycles. The topological polar surface area (TPSA) is 32.7 Å². The molecule has 1 aliphatic heterocycles. The second-order valence-electron chi connectivity index (χ2n) is 7.27. The highest BCUT2D eigenvalue weighted by Gasteiger charge is 2.39. The van der Waals surface area contributed by atoms with Crippen molar-refractivity contribution in [2.24, 2.45) is 0 Å². The maximum Gasteiger partial charge on any atom is 0.0956 e. The van der Waals surface area contributed by atoms with Gasteiger partial charge in [-0.05, 0) is 61.3 Å². The van der Waals surface area contributed by atoms with Crippen molar-refractivity contribution in [1.82, 2.24) is 4.90 Å². The number of aliphatic hydroxyl groups is 1. The van der Waals surface area contributed by atoms with Crippen LogP contribution in [0.4, 0.5) is 0 Å². The molecular formula is C21H27NO2S. The summed E-state index contributed by atoms with van der Waals surface area (Å²) in [6.45, 7) is 2.87. The molecule has 0 unspecified atom stereocenters. The lowest BCUT2D eigenvalue weighted by atomic mass is 10.1. The molecule has 0 amide bonds. The van der Waals surface area contributed by atoms with Crippen molar-refractivity contribution in [1.29, 1.82) is 0 Å². The number of benzene rings is 1. The van der Waals surface area contributed by atoms with E-state index in [1.807, 2.05) is 6.07 Å². The Hall–Kier alpha value is -1.20. The lowest BCUT2D eigenvalue weighted by molar-refractivity contribution is -0.0515. The molecule has 4 heteroatoms. The van der Waals surface area contributed by atoms with E-state index in [2.05, 4.69) is 40.6 Å². The van der Waals surface area contributed by atoms with Crippen molar-refractivity contribution in [3.63, 3.8) is 0 Å². The van der Waals surface area contributed by atoms with Gasteiger partial charge in [0.2, 0.25) is 0 Å². The molecule has 2 fully saturated rings. The van der Waals surface area contributed by atoms with E-state index in [1.165, 1.54) is 35.3 Å². The number of hydrogen-bond acceptors (Lipinski definition) is 4. The molecule has 2 aliphatic rings. The van der Waals surface area contributed by atoms with Crippen LogP contribution in [0.2, 0.25) is 0 Å². The minimum atomic E-state index is -0.342. The summed E-state index contributed by atoms with van der Waals surface area (Å²) < 4.78 is 6.10. The predicted octanol–water partition coefficient (Wildman–Crippen LogP) is 4.31. The van der Waals surface area contributed by atoms with Gasteiger partial charge in [0, 0.05) is 10.9 Å². The summed E-state index contributed by atoms with van der Waals surface area (Å²) in [4.78, 5) is 3.76. The minimum absolute atomic E-state index is 0.0213. The van der Waals surface area contributed by atoms with Gasteiger partial charge in [0.15, 0.2) is 0 Å². The molecule has 1 aromatic heterocycles. The number of rotatable bonds is 5. The third-order valence-electron chi connectivity index (χ3n) is 5.56. The first-order valence-corrected chi connectivity index (χ1v) is 10.4. The van der Waals surface area contributed by atoms with Crippen LogP contribution in [0.5, 0.6) is 0 Å². The molecule has 2 heterocycles. The molecule has 1 saturated heterocycles. The maximum absolute atomic E-state index is 10.7. The summed E-state index contributed by atoms with van der Waals surface area (Å²) in [5.41, 5.74) is 2.46. The molecule has 0 bridgehead atoms. The SMILES string of the molecule is O[C@H]1[C@@H](OCc2csc(-c3ccccc3)c2)CC[C@@H]1N1CCCCC1. The Balaban J connectivity index is 1.32. The largest absolute Gasteiger partial charge is 0.389 e. The molecule has 0 spiro atoms. The number of piperidine rings is 1. The zero-order valence-corrected chi connectivity index (χ0v) is 15.5. The van der Waals surface area contributed by atoms with Gasteiger partial charge in [-0.1, -0.05) is 36.8 Å². The van der Waals surface area contributed by atoms with Gasteiger partial charge in [0.05, 0.1) is 18.8 Å². The van der Waals surface area contributed by atoms with Gasteiger partial charge in [-0.25, -0.2) is 0 Å². The summed E-state index contributed by atoms with van der Waals surface area (Å²) in [5.74, 6) is 0. The lowest BCUT2D eigenvalue weighted by Gasteiger charge is -2.34. The quantitative estimate of drug-likeness (QED) is 0.865. The van der Waals surface area contributed by atoms with Gasteiger partial charge < -0.3 is 9.84 Å². The highest BCUT2D eigenvalue weighted by atomic mass is 32.1. The van der Waals surface area contributed by atoms with Crippen molar-refractivity contribution in [2.45, 2.75) is 57.0 Å². The first-order valence-electron chi connectivity index (χ1n) is 9.48. The summed E-state index contributed by atoms with van der Waals surface area (Å²) in [6, 6.07) is 13.0. The Morgan fingerprint density at radius 3 is 2.68 bits per heavy atom. The number of thiophene rings is 1. The van der Waals surface area contributed by atoms with Crippen molar-refractivity contribution < 1.29 is 9.84 Å². The van der Waals surface area contributed by atoms with E-state index in [4.69, 9.17) is 4.74 Å². The highest BCUT2D eigenvalue weighted by molar-refractivity contribution is 7.13. The van der Waals surface area contributed by atoms with Crippen LogP contribution in [0, 0.1) is 0 Å². The number of hydrogen-bond donors (Lipinski definition) is 1. The third-order valence-corrected chi connectivity index (χ3v) is 6.59. The number of ether oxygens (including phenoxy) is 1. The van der Waals surface area contributed by atoms with Crippen LogP contribution in [-0.4, -0.2) is 41.3 Å². The second kappa shape index (κ2) is 8.00. The monoisotopic (exact) mass is 357 g/mol. The van der Waals surface area contributed by atoms with E-state index in [-0.39, 0.29) is 12.2 Å². The smallest absolute Gasteiger partial charge is 0.0956 e. The van der Waals surface area contributed by atoms with Crippen LogP contribution in [0.1, 0.15) is 37.7 Å². The lowest BCUT2D eigenvalue weighted by Crippen LogP contribution is -2.46. The number of likely N-dealkylation sites (tertiary alicyclic amines) is 1. The van der Waals surface area contributed by atoms with Crippen molar-refractivity contribution in [3.8, 4) is 10.4 Å². The molecule has 1 saturated carbocycles. The Labute approximate surface area is 154 Å². The van der Waals surface area contributed by atoms with Gasteiger partial charge >= 0.3 is 0 Å². The van der Waals surface area contributed by atoms with E-state index in [9.17, 15) is 5.11 Å². The number of aliphatic hydroxyl groups excluding tert-OH is 1. The predicted molar refractivity (Wildman–Crippen MR) is 103 cm³/mol. The third kappa shape index (κ3) is 3.98. The standard InChI is InChI=1S/C21H27NO2S/c23-21-18(22-11-5-2-6-12-22)9-10-19(21)24-14-16-13-20(25-15-16)17-7-3-1-4-8-17/h1,3-4,7-8,13,15,18-19,21,23H,2,5-6,9-12,14H2/t18-,19-,21+/m0/s1. The van der Waals surface area contributed by atoms with Gasteiger partial charge in [-0.3, -0.25) is 4.90 Å². The molecule has 2 aromatic rings. The van der Waals surface area contributed by atoms with Crippen LogP contribution < -0.4 is 0 Å². The first-order chi connectivity index (χ1) is 12.3. The summed E-state index contributed by atoms with van der Waals surface area (Å²) in [5, 5.41) is 12.9. The van der Waals surface area contributed by atoms with Crippen molar-refractivity contribution in [3.05, 3.63) is 47.3 Å². The Morgan fingerprint density at radius 1 is 1.08 bits per heavy atom. The van der Waals surface area contributed by atoms with Crippen LogP contribution in [0.15, 0.2) is 41.8 Å². The van der Waals surface area contributed by atoms with E-state index in [0.29, 0.717) is 12.6 Å². The van der Waals surface area contributed by atoms with E-state index < -0.39 is 0 Å². The van der Waals surface area contributed by atoms with Crippen molar-refractivity contribution >= 4 is 11.3 Å². The van der Waals surface area contributed by atoms with Crippen LogP contribution in [-0.2, 0) is 11.3 Å². The Kier molecular flexibility index (Phi) is 5.51. The normalized spacial score (nSPS) is 27.6. The summed E-state index contributed by atoms with van der Waals surface area (Å²) >= 11 is 1.76. The fourth-order valence-electron chi connectivity index (χ4n) is 4.16. The summed E-state index contributed by atoms with van der Waals surface area (Å²) in [6.07, 6.45) is 5.54. The minimum Gasteiger partial charge on any atom is -0.389 e. The van der Waals surface area contributed by atoms with E-state index in [0.717, 1.165) is 25.9 Å². The zero-order valence-electron chi connectivity index (χ0n) is 14.6. The van der Waals surface area contributed by atoms with Crippen LogP contribution >= 0.6 is 11.3 Å². The molecule has 3 atom stereocenters. The average Bonchev–Trinajstić information content (AvgIpc) is 3.28. The van der Waals surface area contributed by atoms with Crippen LogP contribution in [0.3, 0.4) is 0 Å². The highest BCUT2D eigenvalue weighted by Crippen LogP contribution is 2.31. The van der Waals surface area contributed by atoms with Gasteiger partial charge in [0.1, 0.15) is 0 Å². The fourth-order valence-corrected chi connectivity index (χ4v) is 5.07. The van der Waals surface area contributed by atoms with Gasteiger partial charge in [-0.2, -0.15) is 0 Å². The van der Waals surface area contributed by atoms with Gasteiger partial charge in [-0.15, -0.1) is 11.3 Å². The van der Waals surface area contributed by atoms with Crippen LogP contribution in [0.25, 0.3) is 10.4 Å². The maximum atomic E-state index is 10.7. The Morgan fingerprint density at radius 2 is 1.88 bits per heavy atom. The van der Waals surface area contributed by atoms with Crippen molar-refractivity contribution in [2.75, 3.05) is 13.1 Å². The summed E-state index contributed by atoms with van der Waals surface area (Å²) in [7, 11) is 0. The molecule has 1 N–H and O–H groups in total. The fraction of sp³-hybridized carbons (Fsp3) is 0.524. The average molecular weight is 358 g/mol. The van der Waals surface area contributed by atoms with E-state index in [1.54, 1.807) is 11.3 Å². The van der Waals surface area contributed by atoms with Gasteiger partial charge in [0.25, 0.3) is 0 Å². The molecule has 134 valence electrons. The Bertz CT molecular complexity index is 666. The second-order valence-corrected chi connectivity index (χ2v) is 8.18. The number of nitrogens with zero attached hydrogens (tertiary/aromatic N) is 1. The molecule has 3 nitrogen and oxygen atoms in total. The molecular weight excluding hydrogens is 330 g/mol. The first kappa shape index (κ1) is 17.2. The van der Waals surface area contributed by atoms with E-state index >= 15 is 0 Å². The molecule has 1 aliphatic carbocycles. The molecule has 4 rings (SSSR count).